The summed E-state index contributed by atoms with van der Waals surface area (Å²) in [7, 11) is 0. The highest BCUT2D eigenvalue weighted by Gasteiger charge is 2.16. The van der Waals surface area contributed by atoms with Crippen LogP contribution in [-0.4, -0.2) is 24.2 Å². The number of carbonyl (C=O) groups excluding carboxylic acids is 1. The van der Waals surface area contributed by atoms with Crippen molar-refractivity contribution in [3.63, 3.8) is 0 Å². The predicted molar refractivity (Wildman–Crippen MR) is 101 cm³/mol. The minimum absolute atomic E-state index is 0.0927. The molecule has 1 heterocycles. The molecule has 0 bridgehead atoms. The van der Waals surface area contributed by atoms with Gasteiger partial charge in [-0.3, -0.25) is 4.79 Å². The molecule has 3 aromatic carbocycles. The lowest BCUT2D eigenvalue weighted by Gasteiger charge is -2.14. The van der Waals surface area contributed by atoms with E-state index in [0.717, 1.165) is 39.6 Å². The maximum Gasteiger partial charge on any atom is 0.224 e. The van der Waals surface area contributed by atoms with Crippen molar-refractivity contribution in [2.75, 3.05) is 13.2 Å². The summed E-state index contributed by atoms with van der Waals surface area (Å²) in [4.78, 5) is 12.3. The van der Waals surface area contributed by atoms with E-state index in [1.54, 1.807) is 0 Å². The van der Waals surface area contributed by atoms with Crippen LogP contribution in [0, 0.1) is 0 Å². The monoisotopic (exact) mass is 347 g/mol. The second kappa shape index (κ2) is 7.18. The standard InChI is InChI=1S/C22H21NO3/c24-20(17-8-9-21-18(12-17)10-11-26-21)14-23-22(25)13-16-6-3-5-15-4-1-2-7-19(15)16/h1-9,12,20,24H,10-11,13-14H2,(H,23,25). The van der Waals surface area contributed by atoms with Gasteiger partial charge in [0.15, 0.2) is 0 Å². The first kappa shape index (κ1) is 16.6. The Labute approximate surface area is 152 Å². The van der Waals surface area contributed by atoms with Gasteiger partial charge < -0.3 is 15.2 Å². The van der Waals surface area contributed by atoms with Crippen molar-refractivity contribution in [3.8, 4) is 5.75 Å². The molecule has 1 aliphatic heterocycles. The van der Waals surface area contributed by atoms with E-state index in [2.05, 4.69) is 5.32 Å². The number of rotatable bonds is 5. The zero-order chi connectivity index (χ0) is 17.9. The number of fused-ring (bicyclic) bond motifs is 2. The number of carbonyl (C=O) groups is 1. The molecule has 1 atom stereocenters. The fraction of sp³-hybridized carbons (Fsp3) is 0.227. The van der Waals surface area contributed by atoms with Gasteiger partial charge in [-0.05, 0) is 39.6 Å². The van der Waals surface area contributed by atoms with Gasteiger partial charge >= 0.3 is 0 Å². The van der Waals surface area contributed by atoms with E-state index in [4.69, 9.17) is 4.74 Å². The van der Waals surface area contributed by atoms with Crippen LogP contribution in [0.4, 0.5) is 0 Å². The Morgan fingerprint density at radius 3 is 2.88 bits per heavy atom. The van der Waals surface area contributed by atoms with Crippen LogP contribution in [0.5, 0.6) is 5.75 Å². The van der Waals surface area contributed by atoms with Crippen LogP contribution in [0.3, 0.4) is 0 Å². The van der Waals surface area contributed by atoms with Crippen molar-refractivity contribution < 1.29 is 14.6 Å². The van der Waals surface area contributed by atoms with Gasteiger partial charge in [-0.25, -0.2) is 0 Å². The number of hydrogen-bond acceptors (Lipinski definition) is 3. The largest absolute Gasteiger partial charge is 0.493 e. The number of aliphatic hydroxyl groups excluding tert-OH is 1. The Hall–Kier alpha value is -2.85. The maximum atomic E-state index is 12.3. The Balaban J connectivity index is 1.39. The van der Waals surface area contributed by atoms with Crippen molar-refractivity contribution in [1.29, 1.82) is 0 Å². The summed E-state index contributed by atoms with van der Waals surface area (Å²) >= 11 is 0. The van der Waals surface area contributed by atoms with E-state index in [9.17, 15) is 9.90 Å². The molecule has 1 aliphatic rings. The minimum atomic E-state index is -0.725. The van der Waals surface area contributed by atoms with Crippen molar-refractivity contribution in [3.05, 3.63) is 77.4 Å². The van der Waals surface area contributed by atoms with Crippen LogP contribution in [-0.2, 0) is 17.6 Å². The van der Waals surface area contributed by atoms with Crippen LogP contribution in [0.2, 0.25) is 0 Å². The van der Waals surface area contributed by atoms with Crippen LogP contribution in [0.25, 0.3) is 10.8 Å². The van der Waals surface area contributed by atoms with Gasteiger partial charge in [-0.2, -0.15) is 0 Å². The fourth-order valence-electron chi connectivity index (χ4n) is 3.42. The van der Waals surface area contributed by atoms with Crippen molar-refractivity contribution in [2.45, 2.75) is 18.9 Å². The average molecular weight is 347 g/mol. The van der Waals surface area contributed by atoms with E-state index in [1.807, 2.05) is 60.7 Å². The zero-order valence-corrected chi connectivity index (χ0v) is 14.4. The topological polar surface area (TPSA) is 58.6 Å². The Bertz CT molecular complexity index is 946. The van der Waals surface area contributed by atoms with E-state index < -0.39 is 6.10 Å². The molecule has 4 heteroatoms. The third-order valence-corrected chi connectivity index (χ3v) is 4.82. The zero-order valence-electron chi connectivity index (χ0n) is 14.4. The molecule has 3 aromatic rings. The molecular weight excluding hydrogens is 326 g/mol. The maximum absolute atomic E-state index is 12.3. The summed E-state index contributed by atoms with van der Waals surface area (Å²) < 4.78 is 5.48. The molecule has 0 aromatic heterocycles. The molecule has 26 heavy (non-hydrogen) atoms. The lowest BCUT2D eigenvalue weighted by Crippen LogP contribution is -2.29. The first-order chi connectivity index (χ1) is 12.7. The highest BCUT2D eigenvalue weighted by molar-refractivity contribution is 5.90. The van der Waals surface area contributed by atoms with Gasteiger partial charge in [-0.15, -0.1) is 0 Å². The van der Waals surface area contributed by atoms with Gasteiger partial charge in [-0.1, -0.05) is 48.5 Å². The lowest BCUT2D eigenvalue weighted by atomic mass is 10.0. The van der Waals surface area contributed by atoms with Crippen molar-refractivity contribution in [2.24, 2.45) is 0 Å². The number of amides is 1. The van der Waals surface area contributed by atoms with Gasteiger partial charge in [0.1, 0.15) is 5.75 Å². The SMILES string of the molecule is O=C(Cc1cccc2ccccc12)NCC(O)c1ccc2c(c1)CCO2. The normalized spacial score (nSPS) is 13.9. The highest BCUT2D eigenvalue weighted by Crippen LogP contribution is 2.28. The first-order valence-electron chi connectivity index (χ1n) is 8.88. The van der Waals surface area contributed by atoms with Gasteiger partial charge in [0.2, 0.25) is 5.91 Å². The molecule has 0 fully saturated rings. The molecule has 1 unspecified atom stereocenters. The first-order valence-corrected chi connectivity index (χ1v) is 8.88. The number of benzene rings is 3. The molecule has 4 nitrogen and oxygen atoms in total. The molecule has 0 aliphatic carbocycles. The van der Waals surface area contributed by atoms with Crippen LogP contribution >= 0.6 is 0 Å². The highest BCUT2D eigenvalue weighted by atomic mass is 16.5. The molecule has 0 saturated carbocycles. The van der Waals surface area contributed by atoms with Crippen LogP contribution < -0.4 is 10.1 Å². The summed E-state index contributed by atoms with van der Waals surface area (Å²) in [6.45, 7) is 0.889. The second-order valence-electron chi connectivity index (χ2n) is 6.60. The van der Waals surface area contributed by atoms with Gasteiger partial charge in [0.05, 0.1) is 19.1 Å². The Morgan fingerprint density at radius 1 is 1.12 bits per heavy atom. The van der Waals surface area contributed by atoms with E-state index in [-0.39, 0.29) is 12.5 Å². The van der Waals surface area contributed by atoms with Gasteiger partial charge in [0.25, 0.3) is 0 Å². The Morgan fingerprint density at radius 2 is 1.96 bits per heavy atom. The second-order valence-corrected chi connectivity index (χ2v) is 6.60. The van der Waals surface area contributed by atoms with Crippen LogP contribution in [0.15, 0.2) is 60.7 Å². The van der Waals surface area contributed by atoms with Crippen molar-refractivity contribution in [1.82, 2.24) is 5.32 Å². The molecule has 1 amide bonds. The number of aliphatic hydroxyl groups is 1. The molecule has 2 N–H and O–H groups in total. The molecule has 132 valence electrons. The summed E-state index contributed by atoms with van der Waals surface area (Å²) in [5.41, 5.74) is 2.91. The van der Waals surface area contributed by atoms with Crippen molar-refractivity contribution >= 4 is 16.7 Å². The number of nitrogens with one attached hydrogen (secondary N) is 1. The molecule has 0 radical (unpaired) electrons. The van der Waals surface area contributed by atoms with Crippen LogP contribution in [0.1, 0.15) is 22.8 Å². The third-order valence-electron chi connectivity index (χ3n) is 4.82. The number of hydrogen-bond donors (Lipinski definition) is 2. The molecule has 4 rings (SSSR count). The lowest BCUT2D eigenvalue weighted by molar-refractivity contribution is -0.120. The fourth-order valence-corrected chi connectivity index (χ4v) is 3.42. The van der Waals surface area contributed by atoms with Gasteiger partial charge in [0, 0.05) is 13.0 Å². The van der Waals surface area contributed by atoms with E-state index >= 15 is 0 Å². The summed E-state index contributed by atoms with van der Waals surface area (Å²) in [6, 6.07) is 19.7. The third kappa shape index (κ3) is 3.41. The van der Waals surface area contributed by atoms with E-state index in [0.29, 0.717) is 13.0 Å². The minimum Gasteiger partial charge on any atom is -0.493 e. The van der Waals surface area contributed by atoms with E-state index in [1.165, 1.54) is 0 Å². The quantitative estimate of drug-likeness (QED) is 0.745. The molecular formula is C22H21NO3. The smallest absolute Gasteiger partial charge is 0.224 e. The summed E-state index contributed by atoms with van der Waals surface area (Å²) in [6.07, 6.45) is 0.437. The molecule has 0 saturated heterocycles. The molecule has 0 spiro atoms. The summed E-state index contributed by atoms with van der Waals surface area (Å²) in [5, 5.41) is 15.4. The summed E-state index contributed by atoms with van der Waals surface area (Å²) in [5.74, 6) is 0.797. The average Bonchev–Trinajstić information content (AvgIpc) is 3.14. The number of ether oxygens (including phenoxy) is 1. The predicted octanol–water partition coefficient (Wildman–Crippen LogP) is 3.17. The Kier molecular flexibility index (Phi) is 4.59.